The molecule has 20 heavy (non-hydrogen) atoms. The second-order valence-corrected chi connectivity index (χ2v) is 9.18. The third kappa shape index (κ3) is 3.98. The third-order valence-electron chi connectivity index (χ3n) is 5.83. The zero-order valence-corrected chi connectivity index (χ0v) is 14.6. The van der Waals surface area contributed by atoms with Crippen LogP contribution >= 0.6 is 0 Å². The van der Waals surface area contributed by atoms with Crippen LogP contribution in [-0.2, 0) is 0 Å². The molecule has 1 aliphatic carbocycles. The molecule has 2 fully saturated rings. The van der Waals surface area contributed by atoms with Crippen LogP contribution in [0, 0.1) is 22.7 Å². The van der Waals surface area contributed by atoms with Crippen LogP contribution in [0.1, 0.15) is 60.3 Å². The molecule has 3 unspecified atom stereocenters. The molecule has 0 amide bonds. The van der Waals surface area contributed by atoms with Crippen molar-refractivity contribution in [3.8, 4) is 0 Å². The first-order chi connectivity index (χ1) is 9.21. The van der Waals surface area contributed by atoms with Gasteiger partial charge in [0.2, 0.25) is 0 Å². The largest absolute Gasteiger partial charge is 0.317 e. The monoisotopic (exact) mass is 280 g/mol. The van der Waals surface area contributed by atoms with Gasteiger partial charge in [-0.15, -0.1) is 0 Å². The van der Waals surface area contributed by atoms with E-state index in [-0.39, 0.29) is 0 Å². The number of rotatable bonds is 3. The number of nitrogens with one attached hydrogen (secondary N) is 1. The Hall–Kier alpha value is -0.0800. The molecule has 0 bridgehead atoms. The van der Waals surface area contributed by atoms with Crippen molar-refractivity contribution >= 4 is 0 Å². The van der Waals surface area contributed by atoms with E-state index in [1.54, 1.807) is 0 Å². The molecule has 1 saturated carbocycles. The van der Waals surface area contributed by atoms with Crippen LogP contribution in [0.2, 0.25) is 0 Å². The smallest absolute Gasteiger partial charge is 0.0105 e. The Morgan fingerprint density at radius 2 is 1.90 bits per heavy atom. The van der Waals surface area contributed by atoms with Gasteiger partial charge < -0.3 is 10.2 Å². The molecule has 3 atom stereocenters. The molecule has 0 aromatic rings. The third-order valence-corrected chi connectivity index (χ3v) is 5.83. The molecule has 1 aliphatic heterocycles. The molecule has 2 nitrogen and oxygen atoms in total. The van der Waals surface area contributed by atoms with E-state index in [0.29, 0.717) is 10.8 Å². The Morgan fingerprint density at radius 3 is 2.40 bits per heavy atom. The fourth-order valence-electron chi connectivity index (χ4n) is 4.34. The summed E-state index contributed by atoms with van der Waals surface area (Å²) >= 11 is 0. The Kier molecular flexibility index (Phi) is 4.86. The van der Waals surface area contributed by atoms with Gasteiger partial charge in [-0.25, -0.2) is 0 Å². The second kappa shape index (κ2) is 5.96. The lowest BCUT2D eigenvalue weighted by molar-refractivity contribution is 0.0934. The summed E-state index contributed by atoms with van der Waals surface area (Å²) in [4.78, 5) is 2.72. The van der Waals surface area contributed by atoms with Gasteiger partial charge in [0, 0.05) is 19.1 Å². The molecule has 0 aromatic carbocycles. The average Bonchev–Trinajstić information content (AvgIpc) is 2.67. The van der Waals surface area contributed by atoms with E-state index in [2.05, 4.69) is 51.9 Å². The molecule has 2 rings (SSSR count). The molecule has 2 heteroatoms. The van der Waals surface area contributed by atoms with Gasteiger partial charge in [0.05, 0.1) is 0 Å². The predicted molar refractivity (Wildman–Crippen MR) is 88.0 cm³/mol. The molecule has 0 spiro atoms. The SMILES string of the molecule is CNC1CCC(C(C)(C)C)CC1CN1CCC(C)(C)C1. The van der Waals surface area contributed by atoms with Crippen LogP contribution in [0.3, 0.4) is 0 Å². The van der Waals surface area contributed by atoms with Gasteiger partial charge in [-0.05, 0) is 61.9 Å². The van der Waals surface area contributed by atoms with E-state index in [1.165, 1.54) is 45.3 Å². The van der Waals surface area contributed by atoms with Crippen molar-refractivity contribution in [3.05, 3.63) is 0 Å². The highest BCUT2D eigenvalue weighted by atomic mass is 15.2. The van der Waals surface area contributed by atoms with Crippen LogP contribution in [0.25, 0.3) is 0 Å². The maximum atomic E-state index is 3.59. The lowest BCUT2D eigenvalue weighted by atomic mass is 9.67. The maximum Gasteiger partial charge on any atom is 0.0105 e. The number of hydrogen-bond donors (Lipinski definition) is 1. The first-order valence-electron chi connectivity index (χ1n) is 8.61. The first-order valence-corrected chi connectivity index (χ1v) is 8.61. The van der Waals surface area contributed by atoms with Crippen molar-refractivity contribution in [2.24, 2.45) is 22.7 Å². The van der Waals surface area contributed by atoms with Crippen LogP contribution in [0.5, 0.6) is 0 Å². The van der Waals surface area contributed by atoms with Gasteiger partial charge in [-0.2, -0.15) is 0 Å². The summed E-state index contributed by atoms with van der Waals surface area (Å²) in [5.41, 5.74) is 1.01. The van der Waals surface area contributed by atoms with Gasteiger partial charge in [0.15, 0.2) is 0 Å². The zero-order valence-electron chi connectivity index (χ0n) is 14.6. The highest BCUT2D eigenvalue weighted by Gasteiger charge is 2.37. The second-order valence-electron chi connectivity index (χ2n) is 9.18. The number of nitrogens with zero attached hydrogens (tertiary/aromatic N) is 1. The van der Waals surface area contributed by atoms with Gasteiger partial charge in [-0.3, -0.25) is 0 Å². The van der Waals surface area contributed by atoms with Crippen molar-refractivity contribution < 1.29 is 0 Å². The summed E-state index contributed by atoms with van der Waals surface area (Å²) in [6.45, 7) is 16.0. The zero-order chi connectivity index (χ0) is 15.0. The van der Waals surface area contributed by atoms with E-state index in [1.807, 2.05) is 0 Å². The maximum absolute atomic E-state index is 3.59. The Labute approximate surface area is 126 Å². The minimum absolute atomic E-state index is 0.473. The normalized spacial score (nSPS) is 35.4. The fraction of sp³-hybridized carbons (Fsp3) is 1.00. The van der Waals surface area contributed by atoms with E-state index < -0.39 is 0 Å². The highest BCUT2D eigenvalue weighted by Crippen LogP contribution is 2.41. The van der Waals surface area contributed by atoms with Crippen molar-refractivity contribution in [3.63, 3.8) is 0 Å². The van der Waals surface area contributed by atoms with Crippen LogP contribution in [0.15, 0.2) is 0 Å². The molecule has 0 radical (unpaired) electrons. The highest BCUT2D eigenvalue weighted by molar-refractivity contribution is 4.92. The quantitative estimate of drug-likeness (QED) is 0.846. The molecule has 1 N–H and O–H groups in total. The minimum Gasteiger partial charge on any atom is -0.317 e. The van der Waals surface area contributed by atoms with Gasteiger partial charge in [0.25, 0.3) is 0 Å². The van der Waals surface area contributed by atoms with E-state index in [4.69, 9.17) is 0 Å². The Bertz CT molecular complexity index is 316. The van der Waals surface area contributed by atoms with E-state index >= 15 is 0 Å². The Morgan fingerprint density at radius 1 is 1.20 bits per heavy atom. The van der Waals surface area contributed by atoms with Crippen molar-refractivity contribution in [1.29, 1.82) is 0 Å². The van der Waals surface area contributed by atoms with Crippen molar-refractivity contribution in [2.75, 3.05) is 26.7 Å². The van der Waals surface area contributed by atoms with Gasteiger partial charge in [0.1, 0.15) is 0 Å². The van der Waals surface area contributed by atoms with Crippen LogP contribution in [-0.4, -0.2) is 37.6 Å². The number of hydrogen-bond acceptors (Lipinski definition) is 2. The predicted octanol–water partition coefficient (Wildman–Crippen LogP) is 3.77. The molecule has 2 aliphatic rings. The number of likely N-dealkylation sites (tertiary alicyclic amines) is 1. The molecular weight excluding hydrogens is 244 g/mol. The van der Waals surface area contributed by atoms with Crippen molar-refractivity contribution in [2.45, 2.75) is 66.3 Å². The fourth-order valence-corrected chi connectivity index (χ4v) is 4.34. The molecule has 0 aromatic heterocycles. The van der Waals surface area contributed by atoms with Gasteiger partial charge >= 0.3 is 0 Å². The van der Waals surface area contributed by atoms with E-state index in [9.17, 15) is 0 Å². The molecule has 1 heterocycles. The standard InChI is InChI=1S/C18H36N2/c1-17(2,3)15-7-8-16(19-6)14(11-15)12-20-10-9-18(4,5)13-20/h14-16,19H,7-13H2,1-6H3. The van der Waals surface area contributed by atoms with Crippen LogP contribution < -0.4 is 5.32 Å². The molecule has 118 valence electrons. The summed E-state index contributed by atoms with van der Waals surface area (Å²) in [6.07, 6.45) is 5.54. The summed E-state index contributed by atoms with van der Waals surface area (Å²) < 4.78 is 0. The lowest BCUT2D eigenvalue weighted by Gasteiger charge is -2.43. The van der Waals surface area contributed by atoms with Gasteiger partial charge in [-0.1, -0.05) is 34.6 Å². The van der Waals surface area contributed by atoms with Crippen LogP contribution in [0.4, 0.5) is 0 Å². The lowest BCUT2D eigenvalue weighted by Crippen LogP contribution is -2.46. The van der Waals surface area contributed by atoms with Crippen molar-refractivity contribution in [1.82, 2.24) is 10.2 Å². The summed E-state index contributed by atoms with van der Waals surface area (Å²) in [6, 6.07) is 0.734. The summed E-state index contributed by atoms with van der Waals surface area (Å²) in [7, 11) is 2.16. The van der Waals surface area contributed by atoms with E-state index in [0.717, 1.165) is 17.9 Å². The topological polar surface area (TPSA) is 15.3 Å². The average molecular weight is 280 g/mol. The summed E-state index contributed by atoms with van der Waals surface area (Å²) in [5, 5.41) is 3.59. The Balaban J connectivity index is 1.96. The molecular formula is C18H36N2. The summed E-state index contributed by atoms with van der Waals surface area (Å²) in [5.74, 6) is 1.74. The minimum atomic E-state index is 0.473. The molecule has 1 saturated heterocycles. The first kappa shape index (κ1) is 16.3.